The third-order valence-corrected chi connectivity index (χ3v) is 7.19. The summed E-state index contributed by atoms with van der Waals surface area (Å²) in [6, 6.07) is 12.6. The highest BCUT2D eigenvalue weighted by Gasteiger charge is 2.47. The van der Waals surface area contributed by atoms with Crippen LogP contribution in [0.15, 0.2) is 42.5 Å². The number of benzene rings is 2. The van der Waals surface area contributed by atoms with Gasteiger partial charge in [-0.3, -0.25) is 14.4 Å². The monoisotopic (exact) mass is 436 g/mol. The topological polar surface area (TPSA) is 84.5 Å². The number of Topliss-reactive ketones (excluding diaryl/α,β-unsaturated/α-hetero) is 1. The minimum absolute atomic E-state index is 0.00635. The van der Waals surface area contributed by atoms with Crippen molar-refractivity contribution in [2.45, 2.75) is 70.1 Å². The van der Waals surface area contributed by atoms with E-state index in [0.717, 1.165) is 36.5 Å². The fraction of sp³-hybridized carbons (Fsp3) is 0.500. The average molecular weight is 437 g/mol. The van der Waals surface area contributed by atoms with E-state index in [1.165, 1.54) is 6.42 Å². The van der Waals surface area contributed by atoms with Gasteiger partial charge in [-0.1, -0.05) is 68.5 Å². The molecule has 32 heavy (non-hydrogen) atoms. The summed E-state index contributed by atoms with van der Waals surface area (Å²) in [5, 5.41) is 7.73. The van der Waals surface area contributed by atoms with Crippen LogP contribution in [0.4, 0.5) is 0 Å². The molecule has 0 aromatic heterocycles. The van der Waals surface area contributed by atoms with Crippen LogP contribution in [-0.2, 0) is 14.3 Å². The highest BCUT2D eigenvalue weighted by molar-refractivity contribution is 6.08. The molecule has 0 radical (unpaired) electrons. The third kappa shape index (κ3) is 4.56. The van der Waals surface area contributed by atoms with Crippen LogP contribution >= 0.6 is 0 Å². The van der Waals surface area contributed by atoms with Crippen molar-refractivity contribution in [2.75, 3.05) is 6.61 Å². The fourth-order valence-corrected chi connectivity index (χ4v) is 4.91. The first-order valence-electron chi connectivity index (χ1n) is 11.6. The van der Waals surface area contributed by atoms with Gasteiger partial charge in [-0.15, -0.1) is 0 Å². The maximum atomic E-state index is 13.4. The number of fused-ring (bicyclic) bond motifs is 1. The second-order valence-electron chi connectivity index (χ2n) is 9.36. The van der Waals surface area contributed by atoms with Gasteiger partial charge >= 0.3 is 0 Å². The van der Waals surface area contributed by atoms with E-state index >= 15 is 0 Å². The van der Waals surface area contributed by atoms with E-state index in [1.807, 2.05) is 36.4 Å². The molecule has 2 aliphatic rings. The molecule has 1 saturated heterocycles. The van der Waals surface area contributed by atoms with E-state index in [2.05, 4.69) is 10.6 Å². The SMILES string of the molecule is C[C@H]1OCC(=O)[C@]1(C)NC(=O)C(CC1CCCCC1)NC(=O)c1cccc2ccccc12. The molecule has 1 aliphatic carbocycles. The summed E-state index contributed by atoms with van der Waals surface area (Å²) >= 11 is 0. The summed E-state index contributed by atoms with van der Waals surface area (Å²) in [5.74, 6) is -0.356. The summed E-state index contributed by atoms with van der Waals surface area (Å²) in [5.41, 5.74) is -0.532. The number of amides is 2. The van der Waals surface area contributed by atoms with Gasteiger partial charge in [-0.05, 0) is 43.0 Å². The molecule has 3 atom stereocenters. The van der Waals surface area contributed by atoms with Crippen molar-refractivity contribution in [1.82, 2.24) is 10.6 Å². The lowest BCUT2D eigenvalue weighted by Gasteiger charge is -2.31. The maximum absolute atomic E-state index is 13.4. The van der Waals surface area contributed by atoms with Gasteiger partial charge < -0.3 is 15.4 Å². The van der Waals surface area contributed by atoms with Crippen molar-refractivity contribution in [1.29, 1.82) is 0 Å². The maximum Gasteiger partial charge on any atom is 0.252 e. The molecular formula is C26H32N2O4. The van der Waals surface area contributed by atoms with E-state index in [0.29, 0.717) is 17.9 Å². The van der Waals surface area contributed by atoms with E-state index in [4.69, 9.17) is 4.74 Å². The molecule has 1 aliphatic heterocycles. The first kappa shape index (κ1) is 22.5. The summed E-state index contributed by atoms with van der Waals surface area (Å²) in [6.07, 6.45) is 5.80. The highest BCUT2D eigenvalue weighted by Crippen LogP contribution is 2.29. The largest absolute Gasteiger partial charge is 0.368 e. The number of carbonyl (C=O) groups excluding carboxylic acids is 3. The molecule has 2 N–H and O–H groups in total. The first-order valence-corrected chi connectivity index (χ1v) is 11.6. The summed E-state index contributed by atoms with van der Waals surface area (Å²) in [7, 11) is 0. The van der Waals surface area contributed by atoms with Gasteiger partial charge in [0.05, 0.1) is 6.10 Å². The van der Waals surface area contributed by atoms with Gasteiger partial charge in [-0.2, -0.15) is 0 Å². The Morgan fingerprint density at radius 1 is 1.09 bits per heavy atom. The molecule has 0 spiro atoms. The molecule has 4 rings (SSSR count). The predicted molar refractivity (Wildman–Crippen MR) is 123 cm³/mol. The predicted octanol–water partition coefficient (Wildman–Crippen LogP) is 3.77. The van der Waals surface area contributed by atoms with Crippen LogP contribution in [0, 0.1) is 5.92 Å². The molecule has 2 fully saturated rings. The van der Waals surface area contributed by atoms with Crippen molar-refractivity contribution >= 4 is 28.4 Å². The van der Waals surface area contributed by atoms with Gasteiger partial charge in [0.25, 0.3) is 5.91 Å². The lowest BCUT2D eigenvalue weighted by atomic mass is 9.84. The molecule has 170 valence electrons. The first-order chi connectivity index (χ1) is 15.4. The number of ether oxygens (including phenoxy) is 1. The number of rotatable bonds is 6. The Morgan fingerprint density at radius 3 is 2.53 bits per heavy atom. The van der Waals surface area contributed by atoms with E-state index < -0.39 is 17.7 Å². The minimum atomic E-state index is -1.08. The molecule has 2 amide bonds. The lowest BCUT2D eigenvalue weighted by Crippen LogP contribution is -2.60. The number of hydrogen-bond donors (Lipinski definition) is 2. The van der Waals surface area contributed by atoms with Crippen LogP contribution in [0.5, 0.6) is 0 Å². The van der Waals surface area contributed by atoms with Crippen LogP contribution in [0.3, 0.4) is 0 Å². The van der Waals surface area contributed by atoms with E-state index in [-0.39, 0.29) is 24.2 Å². The minimum Gasteiger partial charge on any atom is -0.368 e. The molecule has 1 unspecified atom stereocenters. The van der Waals surface area contributed by atoms with E-state index in [9.17, 15) is 14.4 Å². The van der Waals surface area contributed by atoms with Crippen molar-refractivity contribution < 1.29 is 19.1 Å². The van der Waals surface area contributed by atoms with Gasteiger partial charge in [0, 0.05) is 5.56 Å². The van der Waals surface area contributed by atoms with Crippen molar-refractivity contribution in [3.05, 3.63) is 48.0 Å². The third-order valence-electron chi connectivity index (χ3n) is 7.19. The average Bonchev–Trinajstić information content (AvgIpc) is 3.05. The smallest absolute Gasteiger partial charge is 0.252 e. The highest BCUT2D eigenvalue weighted by atomic mass is 16.5. The zero-order valence-electron chi connectivity index (χ0n) is 18.9. The Balaban J connectivity index is 1.56. The summed E-state index contributed by atoms with van der Waals surface area (Å²) in [6.45, 7) is 3.48. The molecule has 2 aromatic carbocycles. The van der Waals surface area contributed by atoms with Gasteiger partial charge in [0.15, 0.2) is 5.78 Å². The lowest BCUT2D eigenvalue weighted by molar-refractivity contribution is -0.131. The van der Waals surface area contributed by atoms with Gasteiger partial charge in [0.2, 0.25) is 5.91 Å². The van der Waals surface area contributed by atoms with Crippen LogP contribution in [0.25, 0.3) is 10.8 Å². The van der Waals surface area contributed by atoms with Gasteiger partial charge in [-0.25, -0.2) is 0 Å². The Kier molecular flexibility index (Phi) is 6.60. The number of carbonyl (C=O) groups is 3. The van der Waals surface area contributed by atoms with E-state index in [1.54, 1.807) is 19.9 Å². The number of hydrogen-bond acceptors (Lipinski definition) is 4. The normalized spacial score (nSPS) is 24.9. The van der Waals surface area contributed by atoms with Gasteiger partial charge in [0.1, 0.15) is 18.2 Å². The standard InChI is InChI=1S/C26H32N2O4/c1-17-26(2,23(29)16-32-17)28-25(31)22(15-18-9-4-3-5-10-18)27-24(30)21-14-8-12-19-11-6-7-13-20(19)21/h6-8,11-14,17-18,22H,3-5,9-10,15-16H2,1-2H3,(H,27,30)(H,28,31)/t17-,22?,26-/m1/s1. The summed E-state index contributed by atoms with van der Waals surface area (Å²) < 4.78 is 5.46. The zero-order chi connectivity index (χ0) is 22.7. The van der Waals surface area contributed by atoms with Crippen LogP contribution in [-0.4, -0.2) is 41.9 Å². The quantitative estimate of drug-likeness (QED) is 0.722. The Bertz CT molecular complexity index is 1010. The molecule has 6 nitrogen and oxygen atoms in total. The summed E-state index contributed by atoms with van der Waals surface area (Å²) in [4.78, 5) is 39.1. The molecular weight excluding hydrogens is 404 g/mol. The molecule has 1 saturated carbocycles. The molecule has 2 aromatic rings. The zero-order valence-corrected chi connectivity index (χ0v) is 18.9. The van der Waals surface area contributed by atoms with Crippen LogP contribution in [0.2, 0.25) is 0 Å². The second-order valence-corrected chi connectivity index (χ2v) is 9.36. The number of nitrogens with one attached hydrogen (secondary N) is 2. The van der Waals surface area contributed by atoms with Crippen molar-refractivity contribution in [2.24, 2.45) is 5.92 Å². The molecule has 6 heteroatoms. The second kappa shape index (κ2) is 9.41. The Labute approximate surface area is 189 Å². The molecule has 1 heterocycles. The Morgan fingerprint density at radius 2 is 1.81 bits per heavy atom. The number of ketones is 1. The van der Waals surface area contributed by atoms with Crippen molar-refractivity contribution in [3.63, 3.8) is 0 Å². The Hall–Kier alpha value is -2.73. The van der Waals surface area contributed by atoms with Crippen molar-refractivity contribution in [3.8, 4) is 0 Å². The van der Waals surface area contributed by atoms with Crippen LogP contribution in [0.1, 0.15) is 62.7 Å². The molecule has 0 bridgehead atoms. The van der Waals surface area contributed by atoms with Crippen LogP contribution < -0.4 is 10.6 Å². The fourth-order valence-electron chi connectivity index (χ4n) is 4.91.